The summed E-state index contributed by atoms with van der Waals surface area (Å²) in [6, 6.07) is 1.49. The molecule has 1 aliphatic heterocycles. The first kappa shape index (κ1) is 13.0. The quantitative estimate of drug-likeness (QED) is 0.728. The van der Waals surface area contributed by atoms with Gasteiger partial charge in [-0.15, -0.1) is 0 Å². The zero-order valence-electron chi connectivity index (χ0n) is 10.9. The van der Waals surface area contributed by atoms with Gasteiger partial charge in [0.15, 0.2) is 0 Å². The minimum atomic E-state index is 0.698. The Morgan fingerprint density at radius 3 is 2.60 bits per heavy atom. The molecule has 1 heterocycles. The second-order valence-corrected chi connectivity index (χ2v) is 5.09. The number of likely N-dealkylation sites (N-methyl/N-ethyl adjacent to an activating group) is 1. The fraction of sp³-hybridized carbons (Fsp3) is 1.00. The molecule has 1 fully saturated rings. The van der Waals surface area contributed by atoms with Crippen molar-refractivity contribution < 1.29 is 0 Å². The summed E-state index contributed by atoms with van der Waals surface area (Å²) in [6.45, 7) is 12.9. The molecule has 1 aliphatic rings. The second-order valence-electron chi connectivity index (χ2n) is 5.09. The molecular weight excluding hydrogens is 184 g/mol. The van der Waals surface area contributed by atoms with E-state index < -0.39 is 0 Å². The molecule has 0 spiro atoms. The smallest absolute Gasteiger partial charge is 0.0221 e. The maximum atomic E-state index is 3.73. The van der Waals surface area contributed by atoms with Gasteiger partial charge in [-0.25, -0.2) is 0 Å². The van der Waals surface area contributed by atoms with Crippen molar-refractivity contribution in [2.45, 2.75) is 59.0 Å². The molecule has 0 bridgehead atoms. The average Bonchev–Trinajstić information content (AvgIpc) is 2.65. The van der Waals surface area contributed by atoms with E-state index in [2.05, 4.69) is 37.9 Å². The third-order valence-corrected chi connectivity index (χ3v) is 3.77. The molecule has 0 amide bonds. The lowest BCUT2D eigenvalue weighted by Crippen LogP contribution is -2.43. The van der Waals surface area contributed by atoms with Crippen LogP contribution in [0.15, 0.2) is 0 Å². The lowest BCUT2D eigenvalue weighted by molar-refractivity contribution is 0.244. The molecule has 1 N–H and O–H groups in total. The topological polar surface area (TPSA) is 15.3 Å². The predicted octanol–water partition coefficient (Wildman–Crippen LogP) is 2.49. The molecule has 2 unspecified atom stereocenters. The number of hydrogen-bond donors (Lipinski definition) is 1. The van der Waals surface area contributed by atoms with Crippen LogP contribution in [0.5, 0.6) is 0 Å². The largest absolute Gasteiger partial charge is 0.312 e. The van der Waals surface area contributed by atoms with Gasteiger partial charge < -0.3 is 5.32 Å². The molecule has 15 heavy (non-hydrogen) atoms. The average molecular weight is 212 g/mol. The van der Waals surface area contributed by atoms with Crippen molar-refractivity contribution >= 4 is 0 Å². The van der Waals surface area contributed by atoms with Crippen molar-refractivity contribution in [3.8, 4) is 0 Å². The molecule has 2 atom stereocenters. The lowest BCUT2D eigenvalue weighted by atomic mass is 10.0. The molecule has 2 nitrogen and oxygen atoms in total. The molecule has 0 aromatic heterocycles. The van der Waals surface area contributed by atoms with E-state index in [1.54, 1.807) is 0 Å². The Hall–Kier alpha value is -0.0800. The molecule has 90 valence electrons. The Bertz CT molecular complexity index is 168. The van der Waals surface area contributed by atoms with Gasteiger partial charge in [-0.3, -0.25) is 4.90 Å². The van der Waals surface area contributed by atoms with E-state index in [1.165, 1.54) is 38.9 Å². The first-order valence-corrected chi connectivity index (χ1v) is 6.66. The van der Waals surface area contributed by atoms with Crippen molar-refractivity contribution in [3.05, 3.63) is 0 Å². The summed E-state index contributed by atoms with van der Waals surface area (Å²) in [5.41, 5.74) is 0. The Kier molecular flexibility index (Phi) is 5.62. The fourth-order valence-electron chi connectivity index (χ4n) is 2.68. The van der Waals surface area contributed by atoms with E-state index in [0.717, 1.165) is 12.0 Å². The van der Waals surface area contributed by atoms with Crippen LogP contribution in [0, 0.1) is 5.92 Å². The Balaban J connectivity index is 2.28. The van der Waals surface area contributed by atoms with Crippen molar-refractivity contribution in [3.63, 3.8) is 0 Å². The summed E-state index contributed by atoms with van der Waals surface area (Å²) in [5.74, 6) is 0.756. The first-order valence-electron chi connectivity index (χ1n) is 6.66. The minimum absolute atomic E-state index is 0.698. The molecule has 2 heteroatoms. The van der Waals surface area contributed by atoms with E-state index in [4.69, 9.17) is 0 Å². The summed E-state index contributed by atoms with van der Waals surface area (Å²) >= 11 is 0. The normalized spacial score (nSPS) is 25.0. The number of nitrogens with zero attached hydrogens (tertiary/aromatic N) is 1. The van der Waals surface area contributed by atoms with Gasteiger partial charge in [-0.2, -0.15) is 0 Å². The Labute approximate surface area is 95.4 Å². The maximum absolute atomic E-state index is 3.73. The van der Waals surface area contributed by atoms with Crippen LogP contribution in [0.25, 0.3) is 0 Å². The highest BCUT2D eigenvalue weighted by molar-refractivity contribution is 4.82. The minimum Gasteiger partial charge on any atom is -0.312 e. The summed E-state index contributed by atoms with van der Waals surface area (Å²) in [4.78, 5) is 2.61. The SMILES string of the molecule is CCC(NCC1CCCN1CC)C(C)C. The molecule has 1 saturated heterocycles. The van der Waals surface area contributed by atoms with Crippen LogP contribution in [0.4, 0.5) is 0 Å². The lowest BCUT2D eigenvalue weighted by Gasteiger charge is -2.27. The summed E-state index contributed by atoms with van der Waals surface area (Å²) < 4.78 is 0. The third kappa shape index (κ3) is 3.76. The van der Waals surface area contributed by atoms with Crippen molar-refractivity contribution in [1.29, 1.82) is 0 Å². The van der Waals surface area contributed by atoms with Gasteiger partial charge in [0, 0.05) is 18.6 Å². The molecular formula is C13H28N2. The number of likely N-dealkylation sites (tertiary alicyclic amines) is 1. The molecule has 1 rings (SSSR count). The summed E-state index contributed by atoms with van der Waals surface area (Å²) in [6.07, 6.45) is 4.02. The highest BCUT2D eigenvalue weighted by atomic mass is 15.2. The second kappa shape index (κ2) is 6.49. The van der Waals surface area contributed by atoms with Crippen LogP contribution in [0.3, 0.4) is 0 Å². The van der Waals surface area contributed by atoms with E-state index in [-0.39, 0.29) is 0 Å². The van der Waals surface area contributed by atoms with Crippen molar-refractivity contribution in [2.24, 2.45) is 5.92 Å². The zero-order chi connectivity index (χ0) is 11.3. The molecule has 0 aromatic carbocycles. The van der Waals surface area contributed by atoms with Gasteiger partial charge in [0.2, 0.25) is 0 Å². The predicted molar refractivity (Wildman–Crippen MR) is 67.2 cm³/mol. The van der Waals surface area contributed by atoms with Crippen LogP contribution in [-0.4, -0.2) is 36.6 Å². The number of hydrogen-bond acceptors (Lipinski definition) is 2. The number of nitrogens with one attached hydrogen (secondary N) is 1. The molecule has 0 aliphatic carbocycles. The summed E-state index contributed by atoms with van der Waals surface area (Å²) in [7, 11) is 0. The Morgan fingerprint density at radius 2 is 2.07 bits per heavy atom. The molecule has 0 saturated carbocycles. The van der Waals surface area contributed by atoms with Gasteiger partial charge in [0.25, 0.3) is 0 Å². The van der Waals surface area contributed by atoms with E-state index in [1.807, 2.05) is 0 Å². The van der Waals surface area contributed by atoms with Gasteiger partial charge in [-0.05, 0) is 38.3 Å². The van der Waals surface area contributed by atoms with Crippen molar-refractivity contribution in [1.82, 2.24) is 10.2 Å². The zero-order valence-corrected chi connectivity index (χ0v) is 10.9. The van der Waals surface area contributed by atoms with Crippen LogP contribution in [0.2, 0.25) is 0 Å². The van der Waals surface area contributed by atoms with Gasteiger partial charge in [-0.1, -0.05) is 27.7 Å². The van der Waals surface area contributed by atoms with Crippen LogP contribution in [-0.2, 0) is 0 Å². The monoisotopic (exact) mass is 212 g/mol. The first-order chi connectivity index (χ1) is 7.19. The fourth-order valence-corrected chi connectivity index (χ4v) is 2.68. The van der Waals surface area contributed by atoms with Gasteiger partial charge in [0.05, 0.1) is 0 Å². The van der Waals surface area contributed by atoms with E-state index in [0.29, 0.717) is 6.04 Å². The molecule has 0 radical (unpaired) electrons. The van der Waals surface area contributed by atoms with Crippen LogP contribution < -0.4 is 5.32 Å². The maximum Gasteiger partial charge on any atom is 0.0221 e. The highest BCUT2D eigenvalue weighted by Gasteiger charge is 2.23. The van der Waals surface area contributed by atoms with Crippen molar-refractivity contribution in [2.75, 3.05) is 19.6 Å². The van der Waals surface area contributed by atoms with Crippen LogP contribution in [0.1, 0.15) is 47.0 Å². The molecule has 0 aromatic rings. The number of rotatable bonds is 6. The van der Waals surface area contributed by atoms with E-state index >= 15 is 0 Å². The van der Waals surface area contributed by atoms with Gasteiger partial charge >= 0.3 is 0 Å². The summed E-state index contributed by atoms with van der Waals surface area (Å²) in [5, 5.41) is 3.73. The van der Waals surface area contributed by atoms with Gasteiger partial charge in [0.1, 0.15) is 0 Å². The van der Waals surface area contributed by atoms with Crippen LogP contribution >= 0.6 is 0 Å². The highest BCUT2D eigenvalue weighted by Crippen LogP contribution is 2.16. The standard InChI is InChI=1S/C13H28N2/c1-5-13(11(3)4)14-10-12-8-7-9-15(12)6-2/h11-14H,5-10H2,1-4H3. The van der Waals surface area contributed by atoms with E-state index in [9.17, 15) is 0 Å². The third-order valence-electron chi connectivity index (χ3n) is 3.77. The Morgan fingerprint density at radius 1 is 1.33 bits per heavy atom.